The minimum absolute atomic E-state index is 0.0444. The number of hydrogen-bond acceptors (Lipinski definition) is 8. The van der Waals surface area contributed by atoms with Crippen LogP contribution in [0.25, 0.3) is 11.1 Å². The number of pyridine rings is 1. The van der Waals surface area contributed by atoms with Gasteiger partial charge in [0.05, 0.1) is 40.9 Å². The van der Waals surface area contributed by atoms with Gasteiger partial charge in [0.1, 0.15) is 5.70 Å². The van der Waals surface area contributed by atoms with Crippen LogP contribution in [0.5, 0.6) is 0 Å². The number of carbonyl (C=O) groups is 3. The molecule has 43 heavy (non-hydrogen) atoms. The van der Waals surface area contributed by atoms with Crippen LogP contribution in [0.4, 0.5) is 26.2 Å². The number of aromatic nitrogens is 1. The molecule has 11 nitrogen and oxygen atoms in total. The number of rotatable bonds is 5. The second-order valence-electron chi connectivity index (χ2n) is 10.1. The Bertz CT molecular complexity index is 1580. The van der Waals surface area contributed by atoms with Crippen molar-refractivity contribution in [2.24, 2.45) is 17.5 Å². The average molecular weight is 610 g/mol. The molecule has 0 saturated heterocycles. The van der Waals surface area contributed by atoms with Crippen molar-refractivity contribution in [1.29, 1.82) is 0 Å². The van der Waals surface area contributed by atoms with Gasteiger partial charge in [0.15, 0.2) is 5.82 Å². The summed E-state index contributed by atoms with van der Waals surface area (Å²) in [5.74, 6) is 4.20. The molecule has 7 N–H and O–H groups in total. The number of amides is 3. The number of nitrogens with zero attached hydrogens (tertiary/aromatic N) is 2. The Balaban J connectivity index is 1.68. The standard InChI is InChI=1S/C30H33ClFN7O4/c1-16-6-4-8-22(37-29(41)27(33)17(2)39(34)25-9-5-7-21(31)26(25)32)24-14-18(12-13-35-24)20-11-10-19(36-30(42)43-3)15-23(20)38-28(16)40/h5,7,9-16,22H,4,6,8,33-34H2,1-3H3,(H,36,42)(H,37,41)(H,38,40)/b27-17-. The second kappa shape index (κ2) is 13.5. The Labute approximate surface area is 253 Å². The molecule has 4 rings (SSSR count). The van der Waals surface area contributed by atoms with Crippen molar-refractivity contribution in [2.75, 3.05) is 22.8 Å². The molecule has 1 aliphatic rings. The number of benzene rings is 2. The predicted molar refractivity (Wildman–Crippen MR) is 163 cm³/mol. The van der Waals surface area contributed by atoms with E-state index in [9.17, 15) is 18.8 Å². The number of halogens is 2. The van der Waals surface area contributed by atoms with Gasteiger partial charge in [-0.2, -0.15) is 0 Å². The number of nitrogens with two attached hydrogens (primary N) is 2. The maximum absolute atomic E-state index is 14.6. The van der Waals surface area contributed by atoms with Gasteiger partial charge in [-0.15, -0.1) is 0 Å². The summed E-state index contributed by atoms with van der Waals surface area (Å²) >= 11 is 5.89. The van der Waals surface area contributed by atoms with E-state index in [4.69, 9.17) is 23.2 Å². The van der Waals surface area contributed by atoms with Crippen LogP contribution in [-0.2, 0) is 14.3 Å². The largest absolute Gasteiger partial charge is 0.453 e. The highest BCUT2D eigenvalue weighted by Gasteiger charge is 2.24. The highest BCUT2D eigenvalue weighted by Crippen LogP contribution is 2.34. The molecule has 2 bridgehead atoms. The van der Waals surface area contributed by atoms with E-state index in [0.29, 0.717) is 41.9 Å². The molecule has 2 heterocycles. The van der Waals surface area contributed by atoms with Crippen molar-refractivity contribution in [3.63, 3.8) is 0 Å². The fraction of sp³-hybridized carbons (Fsp3) is 0.267. The zero-order valence-electron chi connectivity index (χ0n) is 23.9. The smallest absolute Gasteiger partial charge is 0.411 e. The quantitative estimate of drug-likeness (QED) is 0.149. The fourth-order valence-corrected chi connectivity index (χ4v) is 4.82. The molecular formula is C30H33ClFN7O4. The van der Waals surface area contributed by atoms with E-state index in [1.807, 2.05) is 13.0 Å². The Hall–Kier alpha value is -4.68. The third kappa shape index (κ3) is 7.22. The van der Waals surface area contributed by atoms with Crippen molar-refractivity contribution < 1.29 is 23.5 Å². The first-order chi connectivity index (χ1) is 20.5. The predicted octanol–water partition coefficient (Wildman–Crippen LogP) is 5.21. The summed E-state index contributed by atoms with van der Waals surface area (Å²) in [5, 5.41) is 9.36. The number of hydrogen-bond donors (Lipinski definition) is 5. The first-order valence-corrected chi connectivity index (χ1v) is 13.9. The lowest BCUT2D eigenvalue weighted by Gasteiger charge is -2.24. The topological polar surface area (TPSA) is 165 Å². The van der Waals surface area contributed by atoms with Gasteiger partial charge < -0.3 is 21.1 Å². The molecule has 3 aromatic rings. The maximum atomic E-state index is 14.6. The van der Waals surface area contributed by atoms with Crippen molar-refractivity contribution in [2.45, 2.75) is 39.2 Å². The van der Waals surface area contributed by atoms with Crippen LogP contribution >= 0.6 is 11.6 Å². The van der Waals surface area contributed by atoms with E-state index in [2.05, 4.69) is 25.7 Å². The molecule has 1 aromatic heterocycles. The van der Waals surface area contributed by atoms with Crippen molar-refractivity contribution in [3.05, 3.63) is 82.7 Å². The van der Waals surface area contributed by atoms with Crippen LogP contribution in [0.15, 0.2) is 66.1 Å². The molecule has 0 spiro atoms. The Morgan fingerprint density at radius 1 is 1.19 bits per heavy atom. The number of methoxy groups -OCH3 is 1. The minimum Gasteiger partial charge on any atom is -0.453 e. The molecule has 13 heteroatoms. The van der Waals surface area contributed by atoms with E-state index < -0.39 is 23.9 Å². The van der Waals surface area contributed by atoms with Gasteiger partial charge in [0.2, 0.25) is 5.91 Å². The molecule has 0 radical (unpaired) electrons. The van der Waals surface area contributed by atoms with Gasteiger partial charge in [0.25, 0.3) is 5.91 Å². The summed E-state index contributed by atoms with van der Waals surface area (Å²) in [4.78, 5) is 42.7. The van der Waals surface area contributed by atoms with Crippen LogP contribution < -0.4 is 32.5 Å². The van der Waals surface area contributed by atoms with E-state index in [-0.39, 0.29) is 33.9 Å². The molecule has 1 aliphatic heterocycles. The zero-order valence-corrected chi connectivity index (χ0v) is 24.7. The van der Waals surface area contributed by atoms with Crippen molar-refractivity contribution in [1.82, 2.24) is 10.3 Å². The average Bonchev–Trinajstić information content (AvgIpc) is 3.00. The summed E-state index contributed by atoms with van der Waals surface area (Å²) in [6.07, 6.45) is 2.55. The van der Waals surface area contributed by atoms with Gasteiger partial charge >= 0.3 is 6.09 Å². The monoisotopic (exact) mass is 609 g/mol. The number of fused-ring (bicyclic) bond motifs is 4. The highest BCUT2D eigenvalue weighted by molar-refractivity contribution is 6.31. The molecule has 0 aliphatic carbocycles. The Morgan fingerprint density at radius 3 is 2.70 bits per heavy atom. The number of hydrazine groups is 1. The van der Waals surface area contributed by atoms with Gasteiger partial charge in [-0.3, -0.25) is 24.9 Å². The zero-order chi connectivity index (χ0) is 31.3. The van der Waals surface area contributed by atoms with E-state index >= 15 is 0 Å². The SMILES string of the molecule is COC(=O)Nc1ccc2c(c1)NC(=O)C(C)CCCC(NC(=O)/C(N)=C(\C)N(N)c1cccc(Cl)c1F)c1cc-2ccn1. The van der Waals surface area contributed by atoms with E-state index in [0.717, 1.165) is 10.6 Å². The molecule has 226 valence electrons. The third-order valence-corrected chi connectivity index (χ3v) is 7.52. The van der Waals surface area contributed by atoms with Crippen molar-refractivity contribution in [3.8, 4) is 11.1 Å². The number of allylic oxidation sites excluding steroid dienone is 1. The van der Waals surface area contributed by atoms with E-state index in [1.54, 1.807) is 30.5 Å². The van der Waals surface area contributed by atoms with Gasteiger partial charge in [-0.25, -0.2) is 15.0 Å². The summed E-state index contributed by atoms with van der Waals surface area (Å²) in [6, 6.07) is 12.5. The van der Waals surface area contributed by atoms with Gasteiger partial charge in [-0.05, 0) is 61.7 Å². The summed E-state index contributed by atoms with van der Waals surface area (Å²) in [6.45, 7) is 3.31. The van der Waals surface area contributed by atoms with Crippen LogP contribution in [0, 0.1) is 11.7 Å². The molecule has 2 aromatic carbocycles. The highest BCUT2D eigenvalue weighted by atomic mass is 35.5. The first-order valence-electron chi connectivity index (χ1n) is 13.5. The Kier molecular flexibility index (Phi) is 9.84. The fourth-order valence-electron chi connectivity index (χ4n) is 4.65. The maximum Gasteiger partial charge on any atom is 0.411 e. The number of ether oxygens (including phenoxy) is 1. The lowest BCUT2D eigenvalue weighted by molar-refractivity contribution is -0.120. The van der Waals surface area contributed by atoms with Gasteiger partial charge in [0, 0.05) is 23.4 Å². The summed E-state index contributed by atoms with van der Waals surface area (Å²) in [5.41, 5.74) is 8.96. The molecular weight excluding hydrogens is 577 g/mol. The number of carbonyl (C=O) groups excluding carboxylic acids is 3. The van der Waals surface area contributed by atoms with E-state index in [1.165, 1.54) is 32.2 Å². The lowest BCUT2D eigenvalue weighted by Crippen LogP contribution is -2.38. The molecule has 0 saturated carbocycles. The van der Waals surface area contributed by atoms with Crippen LogP contribution in [0.3, 0.4) is 0 Å². The molecule has 2 atom stereocenters. The summed E-state index contributed by atoms with van der Waals surface area (Å²) < 4.78 is 19.2. The third-order valence-electron chi connectivity index (χ3n) is 7.23. The molecule has 2 unspecified atom stereocenters. The Morgan fingerprint density at radius 2 is 1.95 bits per heavy atom. The molecule has 3 amide bonds. The summed E-state index contributed by atoms with van der Waals surface area (Å²) in [7, 11) is 1.26. The number of anilines is 3. The number of nitrogens with one attached hydrogen (secondary N) is 3. The minimum atomic E-state index is -0.744. The van der Waals surface area contributed by atoms with Crippen LogP contribution in [0.2, 0.25) is 5.02 Å². The van der Waals surface area contributed by atoms with Crippen molar-refractivity contribution >= 4 is 46.6 Å². The molecule has 0 fully saturated rings. The second-order valence-corrected chi connectivity index (χ2v) is 10.5. The lowest BCUT2D eigenvalue weighted by atomic mass is 9.95. The van der Waals surface area contributed by atoms with Crippen LogP contribution in [0.1, 0.15) is 44.8 Å². The van der Waals surface area contributed by atoms with Gasteiger partial charge in [-0.1, -0.05) is 37.1 Å². The first kappa shape index (κ1) is 31.3. The van der Waals surface area contributed by atoms with Crippen LogP contribution in [-0.4, -0.2) is 30.0 Å². The normalized spacial score (nSPS) is 17.2.